The van der Waals surface area contributed by atoms with Crippen LogP contribution < -0.4 is 0 Å². The molecule has 5 atom stereocenters. The zero-order valence-corrected chi connectivity index (χ0v) is 28.7. The molecule has 0 radical (unpaired) electrons. The third-order valence-electron chi connectivity index (χ3n) is 7.23. The molecule has 1 aliphatic rings. The summed E-state index contributed by atoms with van der Waals surface area (Å²) < 4.78 is 59.6. The number of esters is 4. The van der Waals surface area contributed by atoms with Crippen LogP contribution in [0.4, 0.5) is 0 Å². The monoisotopic (exact) mass is 702 g/mol. The lowest BCUT2D eigenvalue weighted by atomic mass is 9.98. The van der Waals surface area contributed by atoms with Gasteiger partial charge in [0.15, 0.2) is 40.2 Å². The minimum absolute atomic E-state index is 0.0414. The van der Waals surface area contributed by atoms with Gasteiger partial charge in [-0.1, -0.05) is 76.2 Å². The van der Waals surface area contributed by atoms with Crippen LogP contribution in [0.1, 0.15) is 64.5 Å². The summed E-state index contributed by atoms with van der Waals surface area (Å²) in [6.07, 6.45) is -4.56. The first-order chi connectivity index (χ1) is 23.4. The van der Waals surface area contributed by atoms with E-state index in [0.717, 1.165) is 0 Å². The third kappa shape index (κ3) is 11.9. The molecule has 0 aromatic heterocycles. The zero-order chi connectivity index (χ0) is 36.0. The van der Waals surface area contributed by atoms with Crippen molar-refractivity contribution in [1.82, 2.24) is 0 Å². The molecule has 0 aliphatic carbocycles. The Kier molecular flexibility index (Phi) is 15.1. The molecule has 14 heteroatoms. The van der Waals surface area contributed by atoms with E-state index in [1.54, 1.807) is 56.3 Å². The molecule has 49 heavy (non-hydrogen) atoms. The normalized spacial score (nSPS) is 20.7. The van der Waals surface area contributed by atoms with Crippen molar-refractivity contribution in [3.05, 3.63) is 71.8 Å². The number of ketones is 1. The first-order valence-electron chi connectivity index (χ1n) is 16.0. The molecular weight excluding hydrogens is 660 g/mol. The number of ether oxygens (including phenoxy) is 6. The van der Waals surface area contributed by atoms with Crippen LogP contribution in [0.15, 0.2) is 65.6 Å². The van der Waals surface area contributed by atoms with Gasteiger partial charge in [0.25, 0.3) is 0 Å². The maximum atomic E-state index is 13.0. The van der Waals surface area contributed by atoms with Gasteiger partial charge in [0.05, 0.1) is 10.6 Å². The van der Waals surface area contributed by atoms with Gasteiger partial charge in [-0.3, -0.25) is 24.0 Å². The molecule has 266 valence electrons. The number of rotatable bonds is 17. The second-order valence-corrected chi connectivity index (χ2v) is 12.9. The summed E-state index contributed by atoms with van der Waals surface area (Å²) in [5.41, 5.74) is 1.08. The summed E-state index contributed by atoms with van der Waals surface area (Å²) in [5, 5.41) is 0. The van der Waals surface area contributed by atoms with E-state index in [1.807, 2.05) is 0 Å². The minimum Gasteiger partial charge on any atom is -0.463 e. The zero-order valence-electron chi connectivity index (χ0n) is 27.9. The van der Waals surface area contributed by atoms with Gasteiger partial charge in [-0.15, -0.1) is 0 Å². The summed E-state index contributed by atoms with van der Waals surface area (Å²) in [4.78, 5) is 62.4. The Balaban J connectivity index is 1.83. The number of sulfone groups is 1. The number of hydrogen-bond acceptors (Lipinski definition) is 13. The van der Waals surface area contributed by atoms with E-state index in [-0.39, 0.29) is 36.3 Å². The largest absolute Gasteiger partial charge is 0.463 e. The van der Waals surface area contributed by atoms with Crippen molar-refractivity contribution >= 4 is 45.6 Å². The predicted octanol–water partition coefficient (Wildman–Crippen LogP) is 3.90. The SMILES string of the molecule is CCC(=O)OC[C@H]1O[C@@H](OCC(=O)/C=C/c2cccc(S(=O)(=O)Cc3ccccc3)c2)[C@H](OC(=O)CC)[C@@H](OC(=O)CC)[C@H]1OC(=O)CC. The van der Waals surface area contributed by atoms with Crippen LogP contribution in [0.2, 0.25) is 0 Å². The van der Waals surface area contributed by atoms with E-state index in [0.29, 0.717) is 11.1 Å². The van der Waals surface area contributed by atoms with Gasteiger partial charge in [0.2, 0.25) is 0 Å². The van der Waals surface area contributed by atoms with Crippen molar-refractivity contribution in [1.29, 1.82) is 0 Å². The predicted molar refractivity (Wildman–Crippen MR) is 174 cm³/mol. The van der Waals surface area contributed by atoms with Crippen molar-refractivity contribution < 1.29 is 60.8 Å². The molecule has 3 rings (SSSR count). The summed E-state index contributed by atoms with van der Waals surface area (Å²) in [6.45, 7) is 5.16. The molecule has 0 unspecified atom stereocenters. The van der Waals surface area contributed by atoms with Gasteiger partial charge < -0.3 is 28.4 Å². The average molecular weight is 703 g/mol. The Morgan fingerprint density at radius 2 is 1.33 bits per heavy atom. The first-order valence-corrected chi connectivity index (χ1v) is 17.6. The molecule has 0 saturated carbocycles. The van der Waals surface area contributed by atoms with Gasteiger partial charge in [-0.2, -0.15) is 0 Å². The van der Waals surface area contributed by atoms with Crippen LogP contribution in [0.5, 0.6) is 0 Å². The van der Waals surface area contributed by atoms with E-state index in [2.05, 4.69) is 0 Å². The second-order valence-electron chi connectivity index (χ2n) is 10.9. The van der Waals surface area contributed by atoms with E-state index in [4.69, 9.17) is 28.4 Å². The van der Waals surface area contributed by atoms with Crippen LogP contribution >= 0.6 is 0 Å². The van der Waals surface area contributed by atoms with E-state index in [1.165, 1.54) is 38.1 Å². The number of benzene rings is 2. The maximum Gasteiger partial charge on any atom is 0.306 e. The standard InChI is InChI=1S/C35H42O13S/c1-5-28(37)43-21-27-32(46-29(38)6-2)33(47-30(39)7-3)34(48-31(40)8-4)35(45-27)44-20-25(36)18-17-23-15-12-16-26(19-23)49(41,42)22-24-13-10-9-11-14-24/h9-19,27,32-35H,5-8,20-22H2,1-4H3/b18-17+/t27-,32+,33+,34-,35-/m1/s1. The second kappa shape index (κ2) is 19.0. The van der Waals surface area contributed by atoms with E-state index < -0.39 is 83.4 Å². The van der Waals surface area contributed by atoms with Gasteiger partial charge in [-0.05, 0) is 29.3 Å². The first kappa shape index (κ1) is 39.0. The Hall–Kier alpha value is -4.40. The molecule has 13 nitrogen and oxygen atoms in total. The van der Waals surface area contributed by atoms with E-state index in [9.17, 15) is 32.4 Å². The fraction of sp³-hybridized carbons (Fsp3) is 0.457. The third-order valence-corrected chi connectivity index (χ3v) is 8.91. The molecule has 0 N–H and O–H groups in total. The smallest absolute Gasteiger partial charge is 0.306 e. The van der Waals surface area contributed by atoms with Gasteiger partial charge in [0.1, 0.15) is 19.3 Å². The lowest BCUT2D eigenvalue weighted by molar-refractivity contribution is -0.307. The van der Waals surface area contributed by atoms with Crippen molar-refractivity contribution in [3.63, 3.8) is 0 Å². The van der Waals surface area contributed by atoms with Crippen molar-refractivity contribution in [2.75, 3.05) is 13.2 Å². The molecule has 0 spiro atoms. The minimum atomic E-state index is -3.66. The fourth-order valence-electron chi connectivity index (χ4n) is 4.62. The van der Waals surface area contributed by atoms with Crippen molar-refractivity contribution in [3.8, 4) is 0 Å². The topological polar surface area (TPSA) is 175 Å². The van der Waals surface area contributed by atoms with Crippen LogP contribution in [-0.2, 0) is 68.0 Å². The molecule has 1 heterocycles. The summed E-state index contributed by atoms with van der Waals surface area (Å²) >= 11 is 0. The highest BCUT2D eigenvalue weighted by molar-refractivity contribution is 7.90. The molecule has 0 amide bonds. The van der Waals surface area contributed by atoms with Crippen LogP contribution in [0.3, 0.4) is 0 Å². The molecule has 1 fully saturated rings. The maximum absolute atomic E-state index is 13.0. The van der Waals surface area contributed by atoms with Crippen LogP contribution in [0.25, 0.3) is 6.08 Å². The fourth-order valence-corrected chi connectivity index (χ4v) is 6.02. The molecule has 2 aromatic rings. The molecule has 1 aliphatic heterocycles. The molecule has 0 bridgehead atoms. The quantitative estimate of drug-likeness (QED) is 0.132. The highest BCUT2D eigenvalue weighted by Gasteiger charge is 2.53. The van der Waals surface area contributed by atoms with Crippen molar-refractivity contribution in [2.24, 2.45) is 0 Å². The lowest BCUT2D eigenvalue weighted by Crippen LogP contribution is -2.63. The number of carbonyl (C=O) groups is 5. The summed E-state index contributed by atoms with van der Waals surface area (Å²) in [7, 11) is -3.66. The van der Waals surface area contributed by atoms with Gasteiger partial charge in [0, 0.05) is 25.7 Å². The summed E-state index contributed by atoms with van der Waals surface area (Å²) in [6, 6.07) is 14.9. The summed E-state index contributed by atoms with van der Waals surface area (Å²) in [5.74, 6) is -3.46. The van der Waals surface area contributed by atoms with Crippen LogP contribution in [0, 0.1) is 0 Å². The lowest BCUT2D eigenvalue weighted by Gasteiger charge is -2.44. The number of hydrogen-bond donors (Lipinski definition) is 0. The Bertz CT molecular complexity index is 1590. The van der Waals surface area contributed by atoms with E-state index >= 15 is 0 Å². The van der Waals surface area contributed by atoms with Gasteiger partial charge in [-0.25, -0.2) is 8.42 Å². The highest BCUT2D eigenvalue weighted by Crippen LogP contribution is 2.30. The highest BCUT2D eigenvalue weighted by atomic mass is 32.2. The average Bonchev–Trinajstić information content (AvgIpc) is 3.10. The molecular formula is C35H42O13S. The van der Waals surface area contributed by atoms with Crippen molar-refractivity contribution in [2.45, 2.75) is 94.7 Å². The Labute approximate surface area is 285 Å². The van der Waals surface area contributed by atoms with Gasteiger partial charge >= 0.3 is 23.9 Å². The van der Waals surface area contributed by atoms with Crippen LogP contribution in [-0.4, -0.2) is 82.0 Å². The molecule has 2 aromatic carbocycles. The Morgan fingerprint density at radius 3 is 1.94 bits per heavy atom. The molecule has 1 saturated heterocycles. The number of carbonyl (C=O) groups excluding carboxylic acids is 5. The Morgan fingerprint density at radius 1 is 0.735 bits per heavy atom.